The zero-order chi connectivity index (χ0) is 8.27. The largest absolute Gasteiger partial charge is 0.299 e. The minimum Gasteiger partial charge on any atom is -0.299 e. The van der Waals surface area contributed by atoms with Gasteiger partial charge in [-0.1, -0.05) is 32.1 Å². The van der Waals surface area contributed by atoms with Crippen molar-refractivity contribution in [1.82, 2.24) is 0 Å². The van der Waals surface area contributed by atoms with Crippen molar-refractivity contribution in [3.05, 3.63) is 23.8 Å². The molecule has 0 heterocycles. The molecule has 0 spiro atoms. The quantitative estimate of drug-likeness (QED) is 0.561. The van der Waals surface area contributed by atoms with Crippen LogP contribution in [0.1, 0.15) is 26.7 Å². The highest BCUT2D eigenvalue weighted by Gasteiger charge is 2.05. The molecule has 11 heavy (non-hydrogen) atoms. The van der Waals surface area contributed by atoms with Gasteiger partial charge in [0.25, 0.3) is 0 Å². The van der Waals surface area contributed by atoms with Crippen molar-refractivity contribution in [3.8, 4) is 0 Å². The third kappa shape index (κ3) is 2.34. The summed E-state index contributed by atoms with van der Waals surface area (Å²) < 4.78 is 0. The fourth-order valence-corrected chi connectivity index (χ4v) is 1.14. The monoisotopic (exact) mass is 150 g/mol. The topological polar surface area (TPSA) is 17.1 Å². The molecule has 0 amide bonds. The van der Waals surface area contributed by atoms with Crippen molar-refractivity contribution in [2.75, 3.05) is 0 Å². The van der Waals surface area contributed by atoms with Gasteiger partial charge in [0.1, 0.15) is 5.78 Å². The summed E-state index contributed by atoms with van der Waals surface area (Å²) in [5.41, 5.74) is 1.29. The van der Waals surface area contributed by atoms with E-state index in [2.05, 4.69) is 19.9 Å². The molecule has 1 heteroatoms. The van der Waals surface area contributed by atoms with Gasteiger partial charge in [0.2, 0.25) is 0 Å². The minimum atomic E-state index is 0.317. The molecular weight excluding hydrogens is 136 g/mol. The second-order valence-electron chi connectivity index (χ2n) is 3.21. The van der Waals surface area contributed by atoms with Crippen molar-refractivity contribution >= 4 is 5.78 Å². The first kappa shape index (κ1) is 8.25. The number of hydrogen-bond donors (Lipinski definition) is 0. The Morgan fingerprint density at radius 1 is 1.36 bits per heavy atom. The van der Waals surface area contributed by atoms with Gasteiger partial charge in [0, 0.05) is 12.8 Å². The average molecular weight is 150 g/mol. The molecule has 1 rings (SSSR count). The van der Waals surface area contributed by atoms with Crippen LogP contribution in [0.25, 0.3) is 0 Å². The molecule has 0 saturated carbocycles. The van der Waals surface area contributed by atoms with Crippen LogP contribution in [0.5, 0.6) is 0 Å². The molecule has 1 nitrogen and oxygen atoms in total. The van der Waals surface area contributed by atoms with Crippen LogP contribution in [-0.2, 0) is 4.79 Å². The Morgan fingerprint density at radius 3 is 2.73 bits per heavy atom. The molecule has 0 aromatic carbocycles. The molecule has 0 aliphatic heterocycles. The highest BCUT2D eigenvalue weighted by atomic mass is 16.1. The zero-order valence-electron chi connectivity index (χ0n) is 7.13. The van der Waals surface area contributed by atoms with Gasteiger partial charge in [-0.2, -0.15) is 0 Å². The molecule has 0 N–H and O–H groups in total. The van der Waals surface area contributed by atoms with Crippen molar-refractivity contribution in [3.63, 3.8) is 0 Å². The lowest BCUT2D eigenvalue weighted by atomic mass is 10.0. The molecular formula is C10H14O. The van der Waals surface area contributed by atoms with Gasteiger partial charge in [0.05, 0.1) is 0 Å². The van der Waals surface area contributed by atoms with E-state index in [9.17, 15) is 4.79 Å². The van der Waals surface area contributed by atoms with Gasteiger partial charge in [-0.25, -0.2) is 0 Å². The van der Waals surface area contributed by atoms with Crippen molar-refractivity contribution in [2.24, 2.45) is 5.92 Å². The molecule has 0 saturated heterocycles. The fourth-order valence-electron chi connectivity index (χ4n) is 1.14. The van der Waals surface area contributed by atoms with Crippen LogP contribution in [0.3, 0.4) is 0 Å². The Kier molecular flexibility index (Phi) is 2.64. The van der Waals surface area contributed by atoms with E-state index in [0.29, 0.717) is 24.5 Å². The maximum Gasteiger partial charge on any atom is 0.140 e. The van der Waals surface area contributed by atoms with Gasteiger partial charge in [-0.3, -0.25) is 4.79 Å². The number of Topliss-reactive ketones (excluding diaryl/α,β-unsaturated/α-hetero) is 1. The second-order valence-corrected chi connectivity index (χ2v) is 3.21. The molecule has 0 atom stereocenters. The predicted molar refractivity (Wildman–Crippen MR) is 46.3 cm³/mol. The van der Waals surface area contributed by atoms with E-state index < -0.39 is 0 Å². The second kappa shape index (κ2) is 3.51. The lowest BCUT2D eigenvalue weighted by Crippen LogP contribution is -1.92. The van der Waals surface area contributed by atoms with E-state index in [-0.39, 0.29) is 0 Å². The summed E-state index contributed by atoms with van der Waals surface area (Å²) in [6.07, 6.45) is 7.28. The number of hydrogen-bond acceptors (Lipinski definition) is 1. The van der Waals surface area contributed by atoms with Gasteiger partial charge in [-0.15, -0.1) is 0 Å². The van der Waals surface area contributed by atoms with Gasteiger partial charge in [0.15, 0.2) is 0 Å². The minimum absolute atomic E-state index is 0.317. The highest BCUT2D eigenvalue weighted by Crippen LogP contribution is 2.15. The number of allylic oxidation sites excluding steroid dienone is 4. The van der Waals surface area contributed by atoms with Crippen LogP contribution < -0.4 is 0 Å². The summed E-state index contributed by atoms with van der Waals surface area (Å²) in [7, 11) is 0. The first-order valence-electron chi connectivity index (χ1n) is 4.08. The predicted octanol–water partition coefficient (Wildman–Crippen LogP) is 2.49. The van der Waals surface area contributed by atoms with Crippen LogP contribution in [0.15, 0.2) is 23.8 Å². The molecule has 1 aliphatic rings. The molecule has 60 valence electrons. The van der Waals surface area contributed by atoms with E-state index in [1.807, 2.05) is 12.2 Å². The van der Waals surface area contributed by atoms with Gasteiger partial charge in [-0.05, 0) is 11.5 Å². The van der Waals surface area contributed by atoms with Crippen LogP contribution >= 0.6 is 0 Å². The van der Waals surface area contributed by atoms with E-state index in [0.717, 1.165) is 0 Å². The van der Waals surface area contributed by atoms with E-state index in [4.69, 9.17) is 0 Å². The SMILES string of the molecule is CC(C)C1=CCC(=O)CC=C1. The maximum absolute atomic E-state index is 11.0. The Bertz CT molecular complexity index is 209. The lowest BCUT2D eigenvalue weighted by molar-refractivity contribution is -0.117. The van der Waals surface area contributed by atoms with Gasteiger partial charge >= 0.3 is 0 Å². The Hall–Kier alpha value is -0.850. The standard InChI is InChI=1S/C10H14O/c1-8(2)9-4-3-5-10(11)7-6-9/h3-4,6,8H,5,7H2,1-2H3. The smallest absolute Gasteiger partial charge is 0.140 e. The van der Waals surface area contributed by atoms with E-state index in [1.165, 1.54) is 5.57 Å². The maximum atomic E-state index is 11.0. The molecule has 0 aromatic heterocycles. The third-order valence-corrected chi connectivity index (χ3v) is 1.89. The van der Waals surface area contributed by atoms with Crippen LogP contribution in [-0.4, -0.2) is 5.78 Å². The van der Waals surface area contributed by atoms with Crippen LogP contribution in [0, 0.1) is 5.92 Å². The molecule has 0 radical (unpaired) electrons. The average Bonchev–Trinajstić information content (AvgIpc) is 2.13. The van der Waals surface area contributed by atoms with Crippen LogP contribution in [0.4, 0.5) is 0 Å². The molecule has 0 bridgehead atoms. The first-order chi connectivity index (χ1) is 5.20. The van der Waals surface area contributed by atoms with Crippen molar-refractivity contribution in [1.29, 1.82) is 0 Å². The number of rotatable bonds is 1. The zero-order valence-corrected chi connectivity index (χ0v) is 7.13. The van der Waals surface area contributed by atoms with E-state index >= 15 is 0 Å². The Balaban J connectivity index is 2.72. The Morgan fingerprint density at radius 2 is 2.09 bits per heavy atom. The summed E-state index contributed by atoms with van der Waals surface area (Å²) in [5.74, 6) is 0.856. The highest BCUT2D eigenvalue weighted by molar-refractivity contribution is 5.82. The van der Waals surface area contributed by atoms with Crippen molar-refractivity contribution < 1.29 is 4.79 Å². The summed E-state index contributed by atoms with van der Waals surface area (Å²) >= 11 is 0. The van der Waals surface area contributed by atoms with E-state index in [1.54, 1.807) is 0 Å². The van der Waals surface area contributed by atoms with Gasteiger partial charge < -0.3 is 0 Å². The molecule has 0 aromatic rings. The Labute approximate surface area is 67.8 Å². The third-order valence-electron chi connectivity index (χ3n) is 1.89. The lowest BCUT2D eigenvalue weighted by Gasteiger charge is -2.03. The first-order valence-corrected chi connectivity index (χ1v) is 4.08. The number of carbonyl (C=O) groups is 1. The normalized spacial score (nSPS) is 18.5. The summed E-state index contributed by atoms with van der Waals surface area (Å²) in [4.78, 5) is 11.0. The summed E-state index contributed by atoms with van der Waals surface area (Å²) in [6, 6.07) is 0. The number of ketones is 1. The number of carbonyl (C=O) groups excluding carboxylic acids is 1. The summed E-state index contributed by atoms with van der Waals surface area (Å²) in [6.45, 7) is 4.29. The fraction of sp³-hybridized carbons (Fsp3) is 0.500. The van der Waals surface area contributed by atoms with Crippen molar-refractivity contribution in [2.45, 2.75) is 26.7 Å². The molecule has 1 aliphatic carbocycles. The summed E-state index contributed by atoms with van der Waals surface area (Å²) in [5, 5.41) is 0. The van der Waals surface area contributed by atoms with Crippen LogP contribution in [0.2, 0.25) is 0 Å². The molecule has 0 unspecified atom stereocenters. The molecule has 0 fully saturated rings.